The van der Waals surface area contributed by atoms with Gasteiger partial charge in [0.1, 0.15) is 6.23 Å². The zero-order valence-electron chi connectivity index (χ0n) is 4.14. The molecule has 0 fully saturated rings. The van der Waals surface area contributed by atoms with Gasteiger partial charge in [-0.3, -0.25) is 0 Å². The van der Waals surface area contributed by atoms with Crippen molar-refractivity contribution in [1.29, 1.82) is 0 Å². The lowest BCUT2D eigenvalue weighted by atomic mass is 10.2. The summed E-state index contributed by atoms with van der Waals surface area (Å²) in [6.45, 7) is 3.61. The van der Waals surface area contributed by atoms with Crippen molar-refractivity contribution in [2.24, 2.45) is 11.7 Å². The molecule has 0 spiro atoms. The first-order valence-corrected chi connectivity index (χ1v) is 2.06. The lowest BCUT2D eigenvalue weighted by Gasteiger charge is -2.01. The molecular formula is C4H10NO. The number of nitrogens with two attached hydrogens (primary N) is 1. The molecule has 0 bridgehead atoms. The lowest BCUT2D eigenvalue weighted by molar-refractivity contribution is 0.0554. The van der Waals surface area contributed by atoms with Gasteiger partial charge in [-0.1, -0.05) is 13.8 Å². The van der Waals surface area contributed by atoms with Crippen LogP contribution in [0.2, 0.25) is 0 Å². The predicted octanol–water partition coefficient (Wildman–Crippen LogP) is 0.358. The van der Waals surface area contributed by atoms with E-state index in [9.17, 15) is 5.11 Å². The van der Waals surface area contributed by atoms with E-state index in [1.54, 1.807) is 13.8 Å². The highest BCUT2D eigenvalue weighted by molar-refractivity contribution is 4.46. The molecule has 0 aliphatic carbocycles. The molecule has 0 amide bonds. The van der Waals surface area contributed by atoms with E-state index in [4.69, 9.17) is 5.73 Å². The Hall–Kier alpha value is -0.0800. The van der Waals surface area contributed by atoms with E-state index in [0.717, 1.165) is 0 Å². The minimum Gasteiger partial charge on any atom is -0.303 e. The van der Waals surface area contributed by atoms with Gasteiger partial charge in [0.05, 0.1) is 0 Å². The fourth-order valence-electron chi connectivity index (χ4n) is 0. The molecule has 1 radical (unpaired) electrons. The Bertz CT molecular complexity index is 28.5. The molecule has 6 heavy (non-hydrogen) atoms. The second-order valence-corrected chi connectivity index (χ2v) is 1.71. The summed E-state index contributed by atoms with van der Waals surface area (Å²) in [6.07, 6.45) is -0.898. The summed E-state index contributed by atoms with van der Waals surface area (Å²) in [4.78, 5) is 0. The molecule has 2 N–H and O–H groups in total. The number of hydrogen-bond acceptors (Lipinski definition) is 1. The molecule has 2 heteroatoms. The van der Waals surface area contributed by atoms with Crippen molar-refractivity contribution in [3.8, 4) is 0 Å². The SMILES string of the molecule is CC(C)C(N)[O]. The minimum atomic E-state index is -0.898. The van der Waals surface area contributed by atoms with Crippen molar-refractivity contribution >= 4 is 0 Å². The first kappa shape index (κ1) is 5.92. The van der Waals surface area contributed by atoms with Gasteiger partial charge < -0.3 is 5.73 Å². The fourth-order valence-corrected chi connectivity index (χ4v) is 0. The van der Waals surface area contributed by atoms with Gasteiger partial charge in [0.15, 0.2) is 0 Å². The van der Waals surface area contributed by atoms with E-state index in [1.165, 1.54) is 0 Å². The Balaban J connectivity index is 2.99. The van der Waals surface area contributed by atoms with Crippen LogP contribution in [-0.4, -0.2) is 6.23 Å². The molecule has 0 saturated carbocycles. The average Bonchev–Trinajstić information content (AvgIpc) is 1.36. The van der Waals surface area contributed by atoms with Crippen molar-refractivity contribution in [3.63, 3.8) is 0 Å². The van der Waals surface area contributed by atoms with Crippen LogP contribution < -0.4 is 5.73 Å². The zero-order chi connectivity index (χ0) is 5.15. The maximum absolute atomic E-state index is 10.0. The average molecular weight is 88.1 g/mol. The van der Waals surface area contributed by atoms with Gasteiger partial charge in [-0.2, -0.15) is 0 Å². The Kier molecular flexibility index (Phi) is 2.13. The van der Waals surface area contributed by atoms with Crippen LogP contribution in [0, 0.1) is 5.92 Å². The molecule has 0 heterocycles. The second-order valence-electron chi connectivity index (χ2n) is 1.71. The normalized spacial score (nSPS) is 15.5. The van der Waals surface area contributed by atoms with E-state index in [-0.39, 0.29) is 5.92 Å². The van der Waals surface area contributed by atoms with Gasteiger partial charge in [-0.25, -0.2) is 5.11 Å². The lowest BCUT2D eigenvalue weighted by Crippen LogP contribution is -2.23. The van der Waals surface area contributed by atoms with E-state index in [1.807, 2.05) is 0 Å². The number of rotatable bonds is 1. The third-order valence-corrected chi connectivity index (χ3v) is 0.657. The van der Waals surface area contributed by atoms with Crippen LogP contribution in [0.3, 0.4) is 0 Å². The standard InChI is InChI=1S/C4H10NO/c1-3(2)4(5)6/h3-4H,5H2,1-2H3. The summed E-state index contributed by atoms with van der Waals surface area (Å²) in [5.41, 5.74) is 4.88. The van der Waals surface area contributed by atoms with E-state index in [2.05, 4.69) is 0 Å². The maximum Gasteiger partial charge on any atom is 0.143 e. The van der Waals surface area contributed by atoms with Crippen molar-refractivity contribution in [1.82, 2.24) is 0 Å². The highest BCUT2D eigenvalue weighted by Gasteiger charge is 2.00. The van der Waals surface area contributed by atoms with Crippen LogP contribution in [-0.2, 0) is 5.11 Å². The molecule has 1 unspecified atom stereocenters. The van der Waals surface area contributed by atoms with E-state index < -0.39 is 6.23 Å². The van der Waals surface area contributed by atoms with Gasteiger partial charge in [0.25, 0.3) is 0 Å². The maximum atomic E-state index is 10.0. The molecular weight excluding hydrogens is 78.0 g/mol. The van der Waals surface area contributed by atoms with Crippen molar-refractivity contribution < 1.29 is 5.11 Å². The second kappa shape index (κ2) is 2.16. The molecule has 0 aromatic heterocycles. The Morgan fingerprint density at radius 1 is 1.50 bits per heavy atom. The molecule has 0 aromatic carbocycles. The van der Waals surface area contributed by atoms with Gasteiger partial charge in [0, 0.05) is 0 Å². The number of hydrogen-bond donors (Lipinski definition) is 1. The summed E-state index contributed by atoms with van der Waals surface area (Å²) in [7, 11) is 0. The van der Waals surface area contributed by atoms with E-state index in [0.29, 0.717) is 0 Å². The summed E-state index contributed by atoms with van der Waals surface area (Å²) >= 11 is 0. The predicted molar refractivity (Wildman–Crippen MR) is 23.5 cm³/mol. The van der Waals surface area contributed by atoms with Gasteiger partial charge >= 0.3 is 0 Å². The molecule has 0 saturated heterocycles. The largest absolute Gasteiger partial charge is 0.303 e. The van der Waals surface area contributed by atoms with Crippen LogP contribution in [0.4, 0.5) is 0 Å². The summed E-state index contributed by atoms with van der Waals surface area (Å²) in [5.74, 6) is 0.0741. The van der Waals surface area contributed by atoms with Crippen LogP contribution >= 0.6 is 0 Å². The smallest absolute Gasteiger partial charge is 0.143 e. The summed E-state index contributed by atoms with van der Waals surface area (Å²) < 4.78 is 0. The highest BCUT2D eigenvalue weighted by Crippen LogP contribution is 1.91. The molecule has 1 atom stereocenters. The van der Waals surface area contributed by atoms with Crippen molar-refractivity contribution in [2.75, 3.05) is 0 Å². The van der Waals surface area contributed by atoms with Gasteiger partial charge in [0.2, 0.25) is 0 Å². The Morgan fingerprint density at radius 3 is 1.67 bits per heavy atom. The third kappa shape index (κ3) is 2.18. The minimum absolute atomic E-state index is 0.0741. The van der Waals surface area contributed by atoms with Crippen LogP contribution in [0.15, 0.2) is 0 Å². The first-order chi connectivity index (χ1) is 2.64. The summed E-state index contributed by atoms with van der Waals surface area (Å²) in [5, 5.41) is 10.0. The van der Waals surface area contributed by atoms with Crippen molar-refractivity contribution in [2.45, 2.75) is 20.1 Å². The van der Waals surface area contributed by atoms with Crippen LogP contribution in [0.25, 0.3) is 0 Å². The van der Waals surface area contributed by atoms with Crippen LogP contribution in [0.5, 0.6) is 0 Å². The first-order valence-electron chi connectivity index (χ1n) is 2.06. The molecule has 0 aliphatic rings. The fraction of sp³-hybridized carbons (Fsp3) is 1.00. The summed E-state index contributed by atoms with van der Waals surface area (Å²) in [6, 6.07) is 0. The zero-order valence-corrected chi connectivity index (χ0v) is 4.14. The Morgan fingerprint density at radius 2 is 1.67 bits per heavy atom. The molecule has 0 aliphatic heterocycles. The third-order valence-electron chi connectivity index (χ3n) is 0.657. The molecule has 0 aromatic rings. The monoisotopic (exact) mass is 88.1 g/mol. The molecule has 37 valence electrons. The van der Waals surface area contributed by atoms with Crippen molar-refractivity contribution in [3.05, 3.63) is 0 Å². The highest BCUT2D eigenvalue weighted by atomic mass is 16.3. The Labute approximate surface area is 38.0 Å². The van der Waals surface area contributed by atoms with E-state index >= 15 is 0 Å². The topological polar surface area (TPSA) is 45.9 Å². The molecule has 0 rings (SSSR count). The quantitative estimate of drug-likeness (QED) is 0.462. The van der Waals surface area contributed by atoms with Gasteiger partial charge in [-0.15, -0.1) is 0 Å². The molecule has 2 nitrogen and oxygen atoms in total. The van der Waals surface area contributed by atoms with Gasteiger partial charge in [-0.05, 0) is 5.92 Å². The van der Waals surface area contributed by atoms with Crippen LogP contribution in [0.1, 0.15) is 13.8 Å².